The third-order valence-corrected chi connectivity index (χ3v) is 4.55. The number of hydrogen-bond acceptors (Lipinski definition) is 3. The smallest absolute Gasteiger partial charge is 0.0542 e. The summed E-state index contributed by atoms with van der Waals surface area (Å²) in [5.74, 6) is 0. The fraction of sp³-hybridized carbons (Fsp3) is 0.357. The zero-order chi connectivity index (χ0) is 13.0. The molecule has 4 heteroatoms. The Morgan fingerprint density at radius 1 is 1.33 bits per heavy atom. The highest BCUT2D eigenvalue weighted by molar-refractivity contribution is 9.10. The predicted octanol–water partition coefficient (Wildman–Crippen LogP) is 3.97. The number of aromatic nitrogens is 1. The molecule has 0 amide bonds. The minimum Gasteiger partial charge on any atom is -0.310 e. The molecule has 0 aliphatic rings. The Bertz CT molecular complexity index is 477. The van der Waals surface area contributed by atoms with Gasteiger partial charge in [-0.05, 0) is 39.5 Å². The van der Waals surface area contributed by atoms with Crippen molar-refractivity contribution in [2.45, 2.75) is 25.8 Å². The minimum absolute atomic E-state index is 0.170. The van der Waals surface area contributed by atoms with Gasteiger partial charge in [0.25, 0.3) is 0 Å². The zero-order valence-corrected chi connectivity index (χ0v) is 13.0. The summed E-state index contributed by atoms with van der Waals surface area (Å²) < 4.78 is 1.02. The Hall–Kier alpha value is -0.710. The molecule has 2 rings (SSSR count). The van der Waals surface area contributed by atoms with Gasteiger partial charge in [0.1, 0.15) is 0 Å². The van der Waals surface area contributed by atoms with Crippen molar-refractivity contribution in [2.24, 2.45) is 0 Å². The molecule has 0 spiro atoms. The summed E-state index contributed by atoms with van der Waals surface area (Å²) in [6, 6.07) is 8.37. The summed E-state index contributed by atoms with van der Waals surface area (Å²) in [6.45, 7) is 6.29. The monoisotopic (exact) mass is 324 g/mol. The highest BCUT2D eigenvalue weighted by Gasteiger charge is 2.20. The van der Waals surface area contributed by atoms with Crippen molar-refractivity contribution < 1.29 is 0 Å². The van der Waals surface area contributed by atoms with Crippen LogP contribution in [0, 0.1) is 0 Å². The molecular formula is C14H17BrN2S. The van der Waals surface area contributed by atoms with E-state index in [4.69, 9.17) is 0 Å². The van der Waals surface area contributed by atoms with Gasteiger partial charge in [0.15, 0.2) is 0 Å². The van der Waals surface area contributed by atoms with Gasteiger partial charge < -0.3 is 5.32 Å². The van der Waals surface area contributed by atoms with Crippen LogP contribution in [0.4, 0.5) is 0 Å². The Balaban J connectivity index is 1.87. The molecule has 0 radical (unpaired) electrons. The van der Waals surface area contributed by atoms with Crippen molar-refractivity contribution in [1.29, 1.82) is 0 Å². The summed E-state index contributed by atoms with van der Waals surface area (Å²) in [7, 11) is 0. The van der Waals surface area contributed by atoms with E-state index in [0.29, 0.717) is 0 Å². The highest BCUT2D eigenvalue weighted by Crippen LogP contribution is 2.26. The maximum Gasteiger partial charge on any atom is 0.0542 e. The molecule has 2 nitrogen and oxygen atoms in total. The molecule has 0 aliphatic heterocycles. The van der Waals surface area contributed by atoms with Crippen LogP contribution in [0.25, 0.3) is 0 Å². The van der Waals surface area contributed by atoms with Gasteiger partial charge >= 0.3 is 0 Å². The molecule has 0 fully saturated rings. The van der Waals surface area contributed by atoms with Crippen molar-refractivity contribution in [2.75, 3.05) is 6.54 Å². The van der Waals surface area contributed by atoms with E-state index in [1.165, 1.54) is 4.88 Å². The van der Waals surface area contributed by atoms with E-state index in [1.54, 1.807) is 0 Å². The van der Waals surface area contributed by atoms with Gasteiger partial charge in [0.05, 0.1) is 5.69 Å². The van der Waals surface area contributed by atoms with Crippen molar-refractivity contribution >= 4 is 27.3 Å². The first-order valence-electron chi connectivity index (χ1n) is 5.93. The fourth-order valence-corrected chi connectivity index (χ4v) is 2.85. The van der Waals surface area contributed by atoms with E-state index >= 15 is 0 Å². The number of halogens is 1. The first-order valence-corrected chi connectivity index (χ1v) is 7.60. The van der Waals surface area contributed by atoms with Crippen molar-refractivity contribution in [3.05, 3.63) is 50.9 Å². The number of hydrogen-bond donors (Lipinski definition) is 1. The molecule has 0 aliphatic carbocycles. The normalized spacial score (nSPS) is 11.7. The van der Waals surface area contributed by atoms with Gasteiger partial charge in [-0.1, -0.05) is 19.9 Å². The first-order chi connectivity index (χ1) is 8.58. The molecule has 18 heavy (non-hydrogen) atoms. The largest absolute Gasteiger partial charge is 0.310 e. The third kappa shape index (κ3) is 3.64. The van der Waals surface area contributed by atoms with Crippen LogP contribution in [0.2, 0.25) is 0 Å². The number of pyridine rings is 1. The highest BCUT2D eigenvalue weighted by atomic mass is 79.9. The van der Waals surface area contributed by atoms with E-state index in [9.17, 15) is 0 Å². The van der Waals surface area contributed by atoms with Crippen LogP contribution < -0.4 is 5.32 Å². The lowest BCUT2D eigenvalue weighted by atomic mass is 9.91. The van der Waals surface area contributed by atoms with Crippen molar-refractivity contribution in [3.63, 3.8) is 0 Å². The van der Waals surface area contributed by atoms with Crippen LogP contribution >= 0.6 is 27.3 Å². The quantitative estimate of drug-likeness (QED) is 0.900. The summed E-state index contributed by atoms with van der Waals surface area (Å²) in [6.07, 6.45) is 1.83. The molecule has 2 aromatic heterocycles. The Morgan fingerprint density at radius 2 is 2.17 bits per heavy atom. The van der Waals surface area contributed by atoms with Gasteiger partial charge in [-0.15, -0.1) is 11.3 Å². The number of thiophene rings is 1. The summed E-state index contributed by atoms with van der Waals surface area (Å²) in [5, 5.41) is 5.61. The Kier molecular flexibility index (Phi) is 4.54. The van der Waals surface area contributed by atoms with E-state index in [2.05, 4.69) is 57.6 Å². The van der Waals surface area contributed by atoms with Gasteiger partial charge in [-0.25, -0.2) is 0 Å². The molecular weight excluding hydrogens is 308 g/mol. The average Bonchev–Trinajstić information content (AvgIpc) is 2.86. The van der Waals surface area contributed by atoms with Gasteiger partial charge in [-0.3, -0.25) is 4.98 Å². The molecule has 2 aromatic rings. The maximum atomic E-state index is 4.35. The number of nitrogens with zero attached hydrogens (tertiary/aromatic N) is 1. The zero-order valence-electron chi connectivity index (χ0n) is 10.6. The first kappa shape index (κ1) is 13.7. The SMILES string of the molecule is CC(C)(CNCc1ccc(Br)cn1)c1cccs1. The van der Waals surface area contributed by atoms with Crippen molar-refractivity contribution in [3.8, 4) is 0 Å². The topological polar surface area (TPSA) is 24.9 Å². The second-order valence-corrected chi connectivity index (χ2v) is 6.80. The van der Waals surface area contributed by atoms with Crippen LogP contribution in [-0.2, 0) is 12.0 Å². The standard InChI is InChI=1S/C14H17BrN2S/c1-14(2,13-4-3-7-18-13)10-16-9-12-6-5-11(15)8-17-12/h3-8,16H,9-10H2,1-2H3. The molecule has 0 aromatic carbocycles. The van der Waals surface area contributed by atoms with E-state index in [0.717, 1.165) is 23.3 Å². The van der Waals surface area contributed by atoms with E-state index in [1.807, 2.05) is 29.7 Å². The minimum atomic E-state index is 0.170. The van der Waals surface area contributed by atoms with Crippen LogP contribution in [0.15, 0.2) is 40.3 Å². The molecule has 96 valence electrons. The van der Waals surface area contributed by atoms with Gasteiger partial charge in [0, 0.05) is 34.1 Å². The molecule has 0 unspecified atom stereocenters. The molecule has 0 atom stereocenters. The summed E-state index contributed by atoms with van der Waals surface area (Å²) in [4.78, 5) is 5.77. The number of nitrogens with one attached hydrogen (secondary N) is 1. The van der Waals surface area contributed by atoms with Gasteiger partial charge in [-0.2, -0.15) is 0 Å². The molecule has 0 saturated heterocycles. The lowest BCUT2D eigenvalue weighted by Gasteiger charge is -2.23. The van der Waals surface area contributed by atoms with Crippen LogP contribution in [0.1, 0.15) is 24.4 Å². The fourth-order valence-electron chi connectivity index (χ4n) is 1.76. The third-order valence-electron chi connectivity index (χ3n) is 2.85. The van der Waals surface area contributed by atoms with Crippen molar-refractivity contribution in [1.82, 2.24) is 10.3 Å². The lowest BCUT2D eigenvalue weighted by molar-refractivity contribution is 0.474. The predicted molar refractivity (Wildman–Crippen MR) is 81.0 cm³/mol. The molecule has 1 N–H and O–H groups in total. The average molecular weight is 325 g/mol. The summed E-state index contributed by atoms with van der Waals surface area (Å²) in [5.41, 5.74) is 1.24. The Labute approximate surface area is 121 Å². The van der Waals surface area contributed by atoms with E-state index < -0.39 is 0 Å². The summed E-state index contributed by atoms with van der Waals surface area (Å²) >= 11 is 5.21. The Morgan fingerprint density at radius 3 is 2.78 bits per heavy atom. The maximum absolute atomic E-state index is 4.35. The second kappa shape index (κ2) is 5.95. The lowest BCUT2D eigenvalue weighted by Crippen LogP contribution is -2.32. The van der Waals surface area contributed by atoms with Gasteiger partial charge in [0.2, 0.25) is 0 Å². The van der Waals surface area contributed by atoms with Crippen LogP contribution in [0.5, 0.6) is 0 Å². The second-order valence-electron chi connectivity index (χ2n) is 4.93. The molecule has 0 bridgehead atoms. The van der Waals surface area contributed by atoms with E-state index in [-0.39, 0.29) is 5.41 Å². The molecule has 2 heterocycles. The van der Waals surface area contributed by atoms with Crippen LogP contribution in [0.3, 0.4) is 0 Å². The number of rotatable bonds is 5. The van der Waals surface area contributed by atoms with Crippen LogP contribution in [-0.4, -0.2) is 11.5 Å². The molecule has 0 saturated carbocycles.